The molecule has 0 bridgehead atoms. The zero-order valence-electron chi connectivity index (χ0n) is 8.81. The van der Waals surface area contributed by atoms with Crippen LogP contribution in [0.2, 0.25) is 0 Å². The van der Waals surface area contributed by atoms with E-state index in [1.165, 1.54) is 0 Å². The molecule has 82 valence electrons. The van der Waals surface area contributed by atoms with E-state index in [1.807, 2.05) is 0 Å². The predicted octanol–water partition coefficient (Wildman–Crippen LogP) is 0.0172. The smallest absolute Gasteiger partial charge is 0.234 e. The molecule has 0 atom stereocenters. The largest absolute Gasteiger partial charge is 0.394 e. The molecule has 4 heteroatoms. The zero-order chi connectivity index (χ0) is 10.4. The Morgan fingerprint density at radius 3 is 2.64 bits per heavy atom. The fourth-order valence-corrected chi connectivity index (χ4v) is 1.64. The SMILES string of the molecule is CCCNCC(=O)NC1(CO)CCC1. The van der Waals surface area contributed by atoms with Crippen LogP contribution >= 0.6 is 0 Å². The van der Waals surface area contributed by atoms with Gasteiger partial charge in [0.1, 0.15) is 0 Å². The molecular formula is C10H20N2O2. The van der Waals surface area contributed by atoms with Gasteiger partial charge in [-0.1, -0.05) is 6.92 Å². The van der Waals surface area contributed by atoms with Crippen molar-refractivity contribution in [2.75, 3.05) is 19.7 Å². The Bertz CT molecular complexity index is 185. The number of carbonyl (C=O) groups is 1. The molecule has 1 amide bonds. The lowest BCUT2D eigenvalue weighted by atomic mass is 9.77. The second-order valence-electron chi connectivity index (χ2n) is 4.02. The zero-order valence-corrected chi connectivity index (χ0v) is 8.81. The molecule has 0 saturated heterocycles. The van der Waals surface area contributed by atoms with Crippen LogP contribution in [0.25, 0.3) is 0 Å². The summed E-state index contributed by atoms with van der Waals surface area (Å²) in [7, 11) is 0. The van der Waals surface area contributed by atoms with E-state index in [2.05, 4.69) is 17.6 Å². The summed E-state index contributed by atoms with van der Waals surface area (Å²) in [5.41, 5.74) is -0.301. The van der Waals surface area contributed by atoms with Gasteiger partial charge in [0.15, 0.2) is 0 Å². The minimum Gasteiger partial charge on any atom is -0.394 e. The number of rotatable bonds is 6. The molecular weight excluding hydrogens is 180 g/mol. The van der Waals surface area contributed by atoms with Crippen molar-refractivity contribution in [3.63, 3.8) is 0 Å². The van der Waals surface area contributed by atoms with E-state index in [4.69, 9.17) is 5.11 Å². The summed E-state index contributed by atoms with van der Waals surface area (Å²) in [4.78, 5) is 11.4. The van der Waals surface area contributed by atoms with Gasteiger partial charge in [-0.2, -0.15) is 0 Å². The lowest BCUT2D eigenvalue weighted by Crippen LogP contribution is -2.57. The fourth-order valence-electron chi connectivity index (χ4n) is 1.64. The van der Waals surface area contributed by atoms with Gasteiger partial charge in [-0.15, -0.1) is 0 Å². The van der Waals surface area contributed by atoms with Crippen LogP contribution in [0.5, 0.6) is 0 Å². The van der Waals surface area contributed by atoms with Crippen molar-refractivity contribution in [2.45, 2.75) is 38.1 Å². The molecule has 14 heavy (non-hydrogen) atoms. The van der Waals surface area contributed by atoms with Gasteiger partial charge in [0.2, 0.25) is 5.91 Å². The van der Waals surface area contributed by atoms with Crippen LogP contribution in [-0.4, -0.2) is 36.2 Å². The lowest BCUT2D eigenvalue weighted by molar-refractivity contribution is -0.124. The molecule has 1 aliphatic carbocycles. The summed E-state index contributed by atoms with van der Waals surface area (Å²) in [6.45, 7) is 3.34. The van der Waals surface area contributed by atoms with Gasteiger partial charge in [-0.3, -0.25) is 4.79 Å². The van der Waals surface area contributed by atoms with Crippen molar-refractivity contribution in [1.29, 1.82) is 0 Å². The van der Waals surface area contributed by atoms with Gasteiger partial charge in [0, 0.05) is 0 Å². The van der Waals surface area contributed by atoms with Crippen LogP contribution in [-0.2, 0) is 4.79 Å². The maximum absolute atomic E-state index is 11.4. The van der Waals surface area contributed by atoms with Gasteiger partial charge >= 0.3 is 0 Å². The van der Waals surface area contributed by atoms with E-state index >= 15 is 0 Å². The third-order valence-corrected chi connectivity index (χ3v) is 2.73. The highest BCUT2D eigenvalue weighted by Gasteiger charge is 2.37. The average molecular weight is 200 g/mol. The predicted molar refractivity (Wildman–Crippen MR) is 55.0 cm³/mol. The summed E-state index contributed by atoms with van der Waals surface area (Å²) in [6, 6.07) is 0. The van der Waals surface area contributed by atoms with E-state index in [0.717, 1.165) is 32.2 Å². The van der Waals surface area contributed by atoms with Gasteiger partial charge < -0.3 is 15.7 Å². The van der Waals surface area contributed by atoms with Crippen molar-refractivity contribution in [3.8, 4) is 0 Å². The number of hydrogen-bond donors (Lipinski definition) is 3. The molecule has 3 N–H and O–H groups in total. The third-order valence-electron chi connectivity index (χ3n) is 2.73. The van der Waals surface area contributed by atoms with Crippen molar-refractivity contribution in [2.24, 2.45) is 0 Å². The third kappa shape index (κ3) is 2.96. The van der Waals surface area contributed by atoms with Crippen LogP contribution in [0.15, 0.2) is 0 Å². The molecule has 0 radical (unpaired) electrons. The maximum Gasteiger partial charge on any atom is 0.234 e. The summed E-state index contributed by atoms with van der Waals surface area (Å²) >= 11 is 0. The van der Waals surface area contributed by atoms with Crippen LogP contribution in [0.3, 0.4) is 0 Å². The molecule has 0 aliphatic heterocycles. The van der Waals surface area contributed by atoms with E-state index in [1.54, 1.807) is 0 Å². The molecule has 0 spiro atoms. The molecule has 1 saturated carbocycles. The van der Waals surface area contributed by atoms with Crippen LogP contribution in [0, 0.1) is 0 Å². The number of aliphatic hydroxyl groups is 1. The Balaban J connectivity index is 2.18. The van der Waals surface area contributed by atoms with Crippen LogP contribution in [0.1, 0.15) is 32.6 Å². The number of amides is 1. The molecule has 0 aromatic heterocycles. The maximum atomic E-state index is 11.4. The number of carbonyl (C=O) groups excluding carboxylic acids is 1. The van der Waals surface area contributed by atoms with E-state index < -0.39 is 0 Å². The summed E-state index contributed by atoms with van der Waals surface area (Å²) in [5, 5.41) is 15.0. The molecule has 1 fully saturated rings. The highest BCUT2D eigenvalue weighted by Crippen LogP contribution is 2.30. The Morgan fingerprint density at radius 1 is 1.50 bits per heavy atom. The minimum atomic E-state index is -0.301. The number of nitrogens with one attached hydrogen (secondary N) is 2. The Morgan fingerprint density at radius 2 is 2.21 bits per heavy atom. The molecule has 1 aliphatic rings. The van der Waals surface area contributed by atoms with E-state index in [9.17, 15) is 4.79 Å². The summed E-state index contributed by atoms with van der Waals surface area (Å²) in [5.74, 6) is -0.00722. The van der Waals surface area contributed by atoms with Crippen molar-refractivity contribution >= 4 is 5.91 Å². The normalized spacial score (nSPS) is 18.7. The quantitative estimate of drug-likeness (QED) is 0.530. The molecule has 0 aromatic rings. The molecule has 0 unspecified atom stereocenters. The topological polar surface area (TPSA) is 61.4 Å². The first kappa shape index (κ1) is 11.5. The first-order chi connectivity index (χ1) is 6.72. The average Bonchev–Trinajstić information content (AvgIpc) is 2.12. The minimum absolute atomic E-state index is 0.00722. The van der Waals surface area contributed by atoms with Crippen molar-refractivity contribution in [1.82, 2.24) is 10.6 Å². The van der Waals surface area contributed by atoms with E-state index in [-0.39, 0.29) is 18.1 Å². The molecule has 1 rings (SSSR count). The van der Waals surface area contributed by atoms with Crippen molar-refractivity contribution in [3.05, 3.63) is 0 Å². The Labute approximate surface area is 85.1 Å². The van der Waals surface area contributed by atoms with Gasteiger partial charge in [0.25, 0.3) is 0 Å². The molecule has 4 nitrogen and oxygen atoms in total. The standard InChI is InChI=1S/C10H20N2O2/c1-2-6-11-7-9(14)12-10(8-13)4-3-5-10/h11,13H,2-8H2,1H3,(H,12,14). The second-order valence-corrected chi connectivity index (χ2v) is 4.02. The first-order valence-electron chi connectivity index (χ1n) is 5.35. The van der Waals surface area contributed by atoms with Gasteiger partial charge in [-0.05, 0) is 32.2 Å². The molecule has 0 heterocycles. The summed E-state index contributed by atoms with van der Waals surface area (Å²) < 4.78 is 0. The number of aliphatic hydroxyl groups excluding tert-OH is 1. The van der Waals surface area contributed by atoms with Crippen LogP contribution < -0.4 is 10.6 Å². The van der Waals surface area contributed by atoms with Gasteiger partial charge in [-0.25, -0.2) is 0 Å². The molecule has 0 aromatic carbocycles. The van der Waals surface area contributed by atoms with Gasteiger partial charge in [0.05, 0.1) is 18.7 Å². The van der Waals surface area contributed by atoms with E-state index in [0.29, 0.717) is 6.54 Å². The highest BCUT2D eigenvalue weighted by molar-refractivity contribution is 5.79. The fraction of sp³-hybridized carbons (Fsp3) is 0.900. The Hall–Kier alpha value is -0.610. The Kier molecular flexibility index (Phi) is 4.35. The summed E-state index contributed by atoms with van der Waals surface area (Å²) in [6.07, 6.45) is 3.94. The monoisotopic (exact) mass is 200 g/mol. The number of hydrogen-bond acceptors (Lipinski definition) is 3. The second kappa shape index (κ2) is 5.32. The van der Waals surface area contributed by atoms with Crippen molar-refractivity contribution < 1.29 is 9.90 Å². The first-order valence-corrected chi connectivity index (χ1v) is 5.35. The highest BCUT2D eigenvalue weighted by atomic mass is 16.3. The van der Waals surface area contributed by atoms with Crippen LogP contribution in [0.4, 0.5) is 0 Å². The lowest BCUT2D eigenvalue weighted by Gasteiger charge is -2.40.